The van der Waals surface area contributed by atoms with Crippen LogP contribution in [0.25, 0.3) is 11.2 Å². The molecule has 1 atom stereocenters. The fraction of sp³-hybridized carbons (Fsp3) is 0.600. The van der Waals surface area contributed by atoms with Crippen LogP contribution in [0.4, 0.5) is 0 Å². The lowest BCUT2D eigenvalue weighted by atomic mass is 10.2. The zero-order valence-electron chi connectivity index (χ0n) is 12.6. The van der Waals surface area contributed by atoms with Crippen LogP contribution in [0.1, 0.15) is 19.4 Å². The summed E-state index contributed by atoms with van der Waals surface area (Å²) in [6.45, 7) is 8.18. The van der Waals surface area contributed by atoms with E-state index in [-0.39, 0.29) is 12.2 Å². The highest BCUT2D eigenvalue weighted by molar-refractivity contribution is 5.74. The van der Waals surface area contributed by atoms with Gasteiger partial charge in [0, 0.05) is 43.8 Å². The predicted octanol–water partition coefficient (Wildman–Crippen LogP) is 1.58. The van der Waals surface area contributed by atoms with Gasteiger partial charge >= 0.3 is 0 Å². The molecule has 6 heteroatoms. The molecule has 3 heterocycles. The summed E-state index contributed by atoms with van der Waals surface area (Å²) < 4.78 is 11.4. The Balaban J connectivity index is 1.62. The molecule has 1 saturated heterocycles. The van der Waals surface area contributed by atoms with Crippen LogP contribution in [0.3, 0.4) is 0 Å². The van der Waals surface area contributed by atoms with Gasteiger partial charge in [-0.05, 0) is 13.8 Å². The van der Waals surface area contributed by atoms with Crippen LogP contribution < -0.4 is 0 Å². The fourth-order valence-electron chi connectivity index (χ4n) is 2.59. The third-order valence-corrected chi connectivity index (χ3v) is 3.62. The maximum absolute atomic E-state index is 5.76. The van der Waals surface area contributed by atoms with Crippen molar-refractivity contribution in [1.29, 1.82) is 0 Å². The van der Waals surface area contributed by atoms with Crippen molar-refractivity contribution in [2.75, 3.05) is 26.3 Å². The smallest absolute Gasteiger partial charge is 0.156 e. The third-order valence-electron chi connectivity index (χ3n) is 3.62. The summed E-state index contributed by atoms with van der Waals surface area (Å²) in [6, 6.07) is 0. The molecule has 1 N–H and O–H groups in total. The van der Waals surface area contributed by atoms with E-state index in [9.17, 15) is 0 Å². The van der Waals surface area contributed by atoms with Crippen molar-refractivity contribution >= 4 is 11.2 Å². The highest BCUT2D eigenvalue weighted by Crippen LogP contribution is 2.17. The Labute approximate surface area is 124 Å². The van der Waals surface area contributed by atoms with E-state index in [1.165, 1.54) is 5.56 Å². The van der Waals surface area contributed by atoms with E-state index in [1.54, 1.807) is 12.4 Å². The molecular formula is C15H22N4O2. The Hall–Kier alpha value is -1.50. The zero-order valence-corrected chi connectivity index (χ0v) is 12.6. The minimum atomic E-state index is 0.150. The molecule has 3 rings (SSSR count). The molecule has 114 valence electrons. The Morgan fingerprint density at radius 3 is 3.14 bits per heavy atom. The Kier molecular flexibility index (Phi) is 4.48. The van der Waals surface area contributed by atoms with Crippen molar-refractivity contribution in [1.82, 2.24) is 19.9 Å². The minimum absolute atomic E-state index is 0.150. The van der Waals surface area contributed by atoms with Crippen LogP contribution in [-0.2, 0) is 16.0 Å². The maximum atomic E-state index is 5.76. The average molecular weight is 290 g/mol. The lowest BCUT2D eigenvalue weighted by molar-refractivity contribution is -0.0813. The summed E-state index contributed by atoms with van der Waals surface area (Å²) in [7, 11) is 0. The van der Waals surface area contributed by atoms with Gasteiger partial charge in [-0.25, -0.2) is 4.98 Å². The molecule has 1 aliphatic heterocycles. The van der Waals surface area contributed by atoms with E-state index >= 15 is 0 Å². The monoisotopic (exact) mass is 290 g/mol. The highest BCUT2D eigenvalue weighted by Gasteiger charge is 2.22. The number of H-pyrrole nitrogens is 1. The van der Waals surface area contributed by atoms with Crippen LogP contribution >= 0.6 is 0 Å². The number of ether oxygens (including phenoxy) is 2. The van der Waals surface area contributed by atoms with Gasteiger partial charge in [0.05, 0.1) is 25.4 Å². The first-order valence-corrected chi connectivity index (χ1v) is 7.45. The standard InChI is InChI=1S/C15H22N4O2/c1-11(2)21-10-13-9-19(5-6-20-13)8-12-7-18-15-14(12)16-3-4-17-15/h3-4,7,11,13H,5-6,8-10H2,1-2H3,(H,17,18). The van der Waals surface area contributed by atoms with E-state index in [1.807, 2.05) is 20.0 Å². The van der Waals surface area contributed by atoms with E-state index in [0.717, 1.165) is 37.4 Å². The van der Waals surface area contributed by atoms with Crippen molar-refractivity contribution in [2.45, 2.75) is 32.6 Å². The Bertz CT molecular complexity index is 584. The lowest BCUT2D eigenvalue weighted by Crippen LogP contribution is -2.44. The van der Waals surface area contributed by atoms with E-state index in [0.29, 0.717) is 6.61 Å². The molecule has 0 spiro atoms. The number of aromatic nitrogens is 3. The second-order valence-electron chi connectivity index (χ2n) is 5.68. The number of rotatable bonds is 5. The molecule has 21 heavy (non-hydrogen) atoms. The maximum Gasteiger partial charge on any atom is 0.156 e. The Morgan fingerprint density at radius 2 is 2.29 bits per heavy atom. The molecule has 0 saturated carbocycles. The predicted molar refractivity (Wildman–Crippen MR) is 80.0 cm³/mol. The molecular weight excluding hydrogens is 268 g/mol. The number of fused-ring (bicyclic) bond motifs is 1. The van der Waals surface area contributed by atoms with Crippen LogP contribution in [-0.4, -0.2) is 58.4 Å². The van der Waals surface area contributed by atoms with Crippen molar-refractivity contribution < 1.29 is 9.47 Å². The van der Waals surface area contributed by atoms with Crippen LogP contribution in [0.15, 0.2) is 18.6 Å². The van der Waals surface area contributed by atoms with Gasteiger partial charge in [-0.3, -0.25) is 9.88 Å². The third kappa shape index (κ3) is 3.58. The SMILES string of the molecule is CC(C)OCC1CN(Cc2c[nH]c3nccnc23)CCO1. The summed E-state index contributed by atoms with van der Waals surface area (Å²) >= 11 is 0. The van der Waals surface area contributed by atoms with E-state index in [4.69, 9.17) is 9.47 Å². The Morgan fingerprint density at radius 1 is 1.43 bits per heavy atom. The molecule has 0 amide bonds. The van der Waals surface area contributed by atoms with Crippen molar-refractivity contribution in [2.24, 2.45) is 0 Å². The number of hydrogen-bond donors (Lipinski definition) is 1. The number of nitrogens with one attached hydrogen (secondary N) is 1. The summed E-state index contributed by atoms with van der Waals surface area (Å²) in [6.07, 6.45) is 5.83. The van der Waals surface area contributed by atoms with Gasteiger partial charge in [-0.15, -0.1) is 0 Å². The molecule has 0 radical (unpaired) electrons. The van der Waals surface area contributed by atoms with Gasteiger partial charge < -0.3 is 14.5 Å². The largest absolute Gasteiger partial charge is 0.376 e. The van der Waals surface area contributed by atoms with Crippen LogP contribution in [0.5, 0.6) is 0 Å². The molecule has 1 fully saturated rings. The summed E-state index contributed by atoms with van der Waals surface area (Å²) in [4.78, 5) is 14.2. The fourth-order valence-corrected chi connectivity index (χ4v) is 2.59. The van der Waals surface area contributed by atoms with Crippen molar-refractivity contribution in [3.8, 4) is 0 Å². The van der Waals surface area contributed by atoms with Gasteiger partial charge in [0.2, 0.25) is 0 Å². The quantitative estimate of drug-likeness (QED) is 0.906. The molecule has 0 aromatic carbocycles. The minimum Gasteiger partial charge on any atom is -0.376 e. The normalized spacial score (nSPS) is 20.4. The van der Waals surface area contributed by atoms with Gasteiger partial charge in [0.1, 0.15) is 5.52 Å². The van der Waals surface area contributed by atoms with Gasteiger partial charge in [-0.2, -0.15) is 0 Å². The number of aromatic amines is 1. The summed E-state index contributed by atoms with van der Waals surface area (Å²) in [5.41, 5.74) is 2.99. The molecule has 0 aliphatic carbocycles. The topological polar surface area (TPSA) is 63.3 Å². The lowest BCUT2D eigenvalue weighted by Gasteiger charge is -2.32. The van der Waals surface area contributed by atoms with Crippen LogP contribution in [0.2, 0.25) is 0 Å². The average Bonchev–Trinajstić information content (AvgIpc) is 2.89. The van der Waals surface area contributed by atoms with Crippen molar-refractivity contribution in [3.63, 3.8) is 0 Å². The molecule has 2 aromatic rings. The van der Waals surface area contributed by atoms with Gasteiger partial charge in [0.15, 0.2) is 5.65 Å². The van der Waals surface area contributed by atoms with Crippen molar-refractivity contribution in [3.05, 3.63) is 24.2 Å². The molecule has 1 unspecified atom stereocenters. The zero-order chi connectivity index (χ0) is 14.7. The second kappa shape index (κ2) is 6.51. The first kappa shape index (κ1) is 14.4. The summed E-state index contributed by atoms with van der Waals surface area (Å²) in [5.74, 6) is 0. The first-order valence-electron chi connectivity index (χ1n) is 7.45. The number of morpholine rings is 1. The van der Waals surface area contributed by atoms with E-state index in [2.05, 4.69) is 19.9 Å². The second-order valence-corrected chi connectivity index (χ2v) is 5.68. The molecule has 0 bridgehead atoms. The molecule has 1 aliphatic rings. The van der Waals surface area contributed by atoms with E-state index < -0.39 is 0 Å². The van der Waals surface area contributed by atoms with Gasteiger partial charge in [-0.1, -0.05) is 0 Å². The molecule has 6 nitrogen and oxygen atoms in total. The first-order chi connectivity index (χ1) is 10.2. The highest BCUT2D eigenvalue weighted by atomic mass is 16.5. The van der Waals surface area contributed by atoms with Crippen LogP contribution in [0, 0.1) is 0 Å². The van der Waals surface area contributed by atoms with Gasteiger partial charge in [0.25, 0.3) is 0 Å². The number of nitrogens with zero attached hydrogens (tertiary/aromatic N) is 3. The summed E-state index contributed by atoms with van der Waals surface area (Å²) in [5, 5.41) is 0. The number of hydrogen-bond acceptors (Lipinski definition) is 5. The molecule has 2 aromatic heterocycles.